The van der Waals surface area contributed by atoms with Crippen molar-refractivity contribution in [2.24, 2.45) is 35.3 Å². The van der Waals surface area contributed by atoms with E-state index in [4.69, 9.17) is 20.2 Å². The van der Waals surface area contributed by atoms with Gasteiger partial charge in [0, 0.05) is 12.8 Å². The molecule has 0 heterocycles. The summed E-state index contributed by atoms with van der Waals surface area (Å²) in [6.45, 7) is 4.28. The van der Waals surface area contributed by atoms with Gasteiger partial charge in [-0.25, -0.2) is 14.6 Å². The Morgan fingerprint density at radius 2 is 1.79 bits per heavy atom. The van der Waals surface area contributed by atoms with Gasteiger partial charge in [0.2, 0.25) is 5.79 Å². The maximum Gasteiger partial charge on any atom is 0.405 e. The maximum atomic E-state index is 11.5. The molecule has 0 radical (unpaired) electrons. The molecule has 0 aromatic heterocycles. The standard InChI is InChI=1S/C23H33NO5/c1-13-3-4-16-11-23(26,12-20(19(16)5-13)27-21(24)25)29-28-22(2)17-7-14-6-15(9-17)10-18(22)8-14/h3-4,13-15,17-18,20,26H,5-12H2,1-2H3,(H2,24,25). The largest absolute Gasteiger partial charge is 0.442 e. The van der Waals surface area contributed by atoms with Gasteiger partial charge in [-0.05, 0) is 86.2 Å². The lowest BCUT2D eigenvalue weighted by Crippen LogP contribution is -2.58. The van der Waals surface area contributed by atoms with Gasteiger partial charge in [0.15, 0.2) is 0 Å². The van der Waals surface area contributed by atoms with Crippen molar-refractivity contribution in [1.29, 1.82) is 0 Å². The predicted molar refractivity (Wildman–Crippen MR) is 106 cm³/mol. The molecule has 0 saturated heterocycles. The highest BCUT2D eigenvalue weighted by Gasteiger charge is 2.57. The summed E-state index contributed by atoms with van der Waals surface area (Å²) < 4.78 is 5.37. The first kappa shape index (κ1) is 19.6. The highest BCUT2D eigenvalue weighted by Crippen LogP contribution is 2.59. The lowest BCUT2D eigenvalue weighted by Gasteiger charge is -2.59. The van der Waals surface area contributed by atoms with Crippen LogP contribution >= 0.6 is 0 Å². The summed E-state index contributed by atoms with van der Waals surface area (Å²) in [7, 11) is 0. The van der Waals surface area contributed by atoms with Gasteiger partial charge in [0.25, 0.3) is 0 Å². The van der Waals surface area contributed by atoms with Gasteiger partial charge < -0.3 is 15.6 Å². The zero-order chi connectivity index (χ0) is 20.4. The summed E-state index contributed by atoms with van der Waals surface area (Å²) in [5.74, 6) is 1.50. The number of nitrogens with two attached hydrogens (primary N) is 1. The molecule has 6 aliphatic carbocycles. The summed E-state index contributed by atoms with van der Waals surface area (Å²) in [4.78, 5) is 23.4. The molecule has 4 saturated carbocycles. The fourth-order valence-corrected chi connectivity index (χ4v) is 6.97. The van der Waals surface area contributed by atoms with Gasteiger partial charge in [-0.1, -0.05) is 19.1 Å². The van der Waals surface area contributed by atoms with Crippen LogP contribution in [0, 0.1) is 29.6 Å². The van der Waals surface area contributed by atoms with Crippen LogP contribution in [0.15, 0.2) is 23.3 Å². The number of hydrogen-bond donors (Lipinski definition) is 2. The lowest BCUT2D eigenvalue weighted by atomic mass is 9.50. The Balaban J connectivity index is 1.33. The van der Waals surface area contributed by atoms with Crippen molar-refractivity contribution in [3.63, 3.8) is 0 Å². The van der Waals surface area contributed by atoms with E-state index in [0.29, 0.717) is 24.2 Å². The number of rotatable bonds is 4. The molecule has 4 fully saturated rings. The lowest BCUT2D eigenvalue weighted by molar-refractivity contribution is -0.482. The van der Waals surface area contributed by atoms with Crippen molar-refractivity contribution in [3.8, 4) is 0 Å². The second-order valence-corrected chi connectivity index (χ2v) is 10.5. The molecule has 3 atom stereocenters. The van der Waals surface area contributed by atoms with Crippen molar-refractivity contribution in [3.05, 3.63) is 23.3 Å². The molecule has 4 bridgehead atoms. The fraction of sp³-hybridized carbons (Fsp3) is 0.783. The van der Waals surface area contributed by atoms with Gasteiger partial charge in [0.1, 0.15) is 11.7 Å². The minimum absolute atomic E-state index is 0.145. The van der Waals surface area contributed by atoms with Gasteiger partial charge in [0.05, 0.1) is 0 Å². The van der Waals surface area contributed by atoms with Crippen LogP contribution in [0.2, 0.25) is 0 Å². The second-order valence-electron chi connectivity index (χ2n) is 10.5. The molecule has 29 heavy (non-hydrogen) atoms. The van der Waals surface area contributed by atoms with Crippen LogP contribution in [0.5, 0.6) is 0 Å². The molecule has 6 rings (SSSR count). The van der Waals surface area contributed by atoms with Crippen LogP contribution in [-0.4, -0.2) is 28.7 Å². The van der Waals surface area contributed by atoms with Gasteiger partial charge in [-0.2, -0.15) is 0 Å². The normalized spacial score (nSPS) is 48.0. The molecule has 0 aromatic carbocycles. The third-order valence-electron chi connectivity index (χ3n) is 8.33. The molecule has 0 spiro atoms. The zero-order valence-corrected chi connectivity index (χ0v) is 17.4. The van der Waals surface area contributed by atoms with Crippen LogP contribution in [0.3, 0.4) is 0 Å². The SMILES string of the molecule is CC1C=CC2=C(C1)C(OC(N)=O)CC(O)(OOC1(C)C3CC4CC(C3)CC1C4)C2. The third kappa shape index (κ3) is 3.43. The average molecular weight is 404 g/mol. The number of hydrogen-bond acceptors (Lipinski definition) is 5. The number of aliphatic hydroxyl groups is 1. The molecule has 0 aliphatic heterocycles. The number of primary amides is 1. The minimum Gasteiger partial charge on any atom is -0.442 e. The Hall–Kier alpha value is -1.37. The van der Waals surface area contributed by atoms with Gasteiger partial charge in [-0.3, -0.25) is 0 Å². The summed E-state index contributed by atoms with van der Waals surface area (Å²) >= 11 is 0. The Morgan fingerprint density at radius 1 is 1.14 bits per heavy atom. The minimum atomic E-state index is -1.53. The van der Waals surface area contributed by atoms with Crippen molar-refractivity contribution in [1.82, 2.24) is 0 Å². The van der Waals surface area contributed by atoms with Crippen molar-refractivity contribution < 1.29 is 24.4 Å². The van der Waals surface area contributed by atoms with Crippen LogP contribution in [-0.2, 0) is 14.5 Å². The van der Waals surface area contributed by atoms with E-state index < -0.39 is 18.0 Å². The molecule has 160 valence electrons. The van der Waals surface area contributed by atoms with E-state index in [1.807, 2.05) is 6.08 Å². The third-order valence-corrected chi connectivity index (χ3v) is 8.33. The van der Waals surface area contributed by atoms with Crippen LogP contribution in [0.25, 0.3) is 0 Å². The molecular weight excluding hydrogens is 370 g/mol. The molecule has 6 heteroatoms. The van der Waals surface area contributed by atoms with E-state index in [1.54, 1.807) is 0 Å². The van der Waals surface area contributed by atoms with E-state index in [1.165, 1.54) is 32.1 Å². The Morgan fingerprint density at radius 3 is 2.41 bits per heavy atom. The van der Waals surface area contributed by atoms with Crippen LogP contribution in [0.1, 0.15) is 65.2 Å². The highest BCUT2D eigenvalue weighted by molar-refractivity contribution is 5.65. The second kappa shape index (κ2) is 6.82. The predicted octanol–water partition coefficient (Wildman–Crippen LogP) is 3.99. The summed E-state index contributed by atoms with van der Waals surface area (Å²) in [6.07, 6.45) is 10.2. The summed E-state index contributed by atoms with van der Waals surface area (Å²) in [5.41, 5.74) is 6.95. The van der Waals surface area contributed by atoms with E-state index in [2.05, 4.69) is 19.9 Å². The summed E-state index contributed by atoms with van der Waals surface area (Å²) in [6, 6.07) is 0. The first-order valence-electron chi connectivity index (χ1n) is 11.2. The fourth-order valence-electron chi connectivity index (χ4n) is 6.97. The van der Waals surface area contributed by atoms with Crippen LogP contribution in [0.4, 0.5) is 4.79 Å². The molecule has 6 nitrogen and oxygen atoms in total. The van der Waals surface area contributed by atoms with E-state index in [-0.39, 0.29) is 12.0 Å². The highest BCUT2D eigenvalue weighted by atomic mass is 17.2. The Kier molecular flexibility index (Phi) is 4.61. The Labute approximate surface area is 172 Å². The van der Waals surface area contributed by atoms with Gasteiger partial charge >= 0.3 is 6.09 Å². The first-order valence-corrected chi connectivity index (χ1v) is 11.2. The smallest absolute Gasteiger partial charge is 0.405 e. The number of amides is 1. The number of carbonyl (C=O) groups excluding carboxylic acids is 1. The van der Waals surface area contributed by atoms with Crippen molar-refractivity contribution >= 4 is 6.09 Å². The first-order chi connectivity index (χ1) is 13.7. The van der Waals surface area contributed by atoms with E-state index >= 15 is 0 Å². The maximum absolute atomic E-state index is 11.5. The van der Waals surface area contributed by atoms with Crippen molar-refractivity contribution in [2.75, 3.05) is 0 Å². The van der Waals surface area contributed by atoms with Gasteiger partial charge in [-0.15, -0.1) is 0 Å². The molecule has 0 aromatic rings. The molecule has 1 amide bonds. The zero-order valence-electron chi connectivity index (χ0n) is 17.4. The molecule has 6 aliphatic rings. The van der Waals surface area contributed by atoms with Crippen LogP contribution < -0.4 is 5.73 Å². The van der Waals surface area contributed by atoms with E-state index in [0.717, 1.165) is 29.4 Å². The number of ether oxygens (including phenoxy) is 1. The topological polar surface area (TPSA) is 91.0 Å². The number of carbonyl (C=O) groups is 1. The monoisotopic (exact) mass is 403 g/mol. The number of allylic oxidation sites excluding steroid dienone is 2. The molecule has 3 N–H and O–H groups in total. The quantitative estimate of drug-likeness (QED) is 0.421. The van der Waals surface area contributed by atoms with E-state index in [9.17, 15) is 9.90 Å². The Bertz CT molecular complexity index is 730. The molecule has 3 unspecified atom stereocenters. The average Bonchev–Trinajstić information content (AvgIpc) is 2.64. The summed E-state index contributed by atoms with van der Waals surface area (Å²) in [5, 5.41) is 11.3. The van der Waals surface area contributed by atoms with Crippen molar-refractivity contribution in [2.45, 2.75) is 82.7 Å². The molecular formula is C23H33NO5.